The fourth-order valence-corrected chi connectivity index (χ4v) is 2.80. The summed E-state index contributed by atoms with van der Waals surface area (Å²) in [6, 6.07) is 0. The maximum atomic E-state index is 11.6. The first-order valence-corrected chi connectivity index (χ1v) is 7.54. The van der Waals surface area contributed by atoms with E-state index in [1.807, 2.05) is 18.7 Å². The third kappa shape index (κ3) is 3.43. The number of carboxylic acids is 1. The minimum atomic E-state index is -0.710. The summed E-state index contributed by atoms with van der Waals surface area (Å²) in [7, 11) is 0. The summed E-state index contributed by atoms with van der Waals surface area (Å²) in [5, 5.41) is 9.54. The molecular formula is C15H23N3O3. The topological polar surface area (TPSA) is 75.5 Å². The first-order valence-electron chi connectivity index (χ1n) is 7.54. The number of aliphatic carboxylic acids is 1. The molecule has 1 aromatic rings. The monoisotopic (exact) mass is 293 g/mol. The van der Waals surface area contributed by atoms with Crippen LogP contribution in [0.4, 0.5) is 5.82 Å². The van der Waals surface area contributed by atoms with E-state index >= 15 is 0 Å². The van der Waals surface area contributed by atoms with Gasteiger partial charge in [0.1, 0.15) is 0 Å². The highest BCUT2D eigenvalue weighted by molar-refractivity contribution is 5.76. The number of ether oxygens (including phenoxy) is 1. The average molecular weight is 293 g/mol. The highest BCUT2D eigenvalue weighted by Gasteiger charge is 2.44. The number of hydrogen-bond donors (Lipinski definition) is 1. The number of nitrogens with zero attached hydrogens (tertiary/aromatic N) is 3. The Morgan fingerprint density at radius 1 is 1.43 bits per heavy atom. The van der Waals surface area contributed by atoms with Crippen molar-refractivity contribution in [2.75, 3.05) is 24.6 Å². The van der Waals surface area contributed by atoms with E-state index < -0.39 is 11.4 Å². The third-order valence-corrected chi connectivity index (χ3v) is 3.91. The van der Waals surface area contributed by atoms with Crippen LogP contribution in [0.5, 0.6) is 5.88 Å². The van der Waals surface area contributed by atoms with Gasteiger partial charge in [0.05, 0.1) is 24.4 Å². The Labute approximate surface area is 125 Å². The van der Waals surface area contributed by atoms with Crippen LogP contribution in [-0.2, 0) is 4.79 Å². The van der Waals surface area contributed by atoms with Crippen molar-refractivity contribution in [2.24, 2.45) is 5.41 Å². The molecule has 0 saturated carbocycles. The fraction of sp³-hybridized carbons (Fsp3) is 0.667. The second-order valence-electron chi connectivity index (χ2n) is 5.57. The standard InChI is InChI=1S/C15H23N3O3/c1-3-5-15(14(19)20)6-7-18(11-15)12-9-16-10-13(17-12)21-8-4-2/h9-10H,3-8,11H2,1-2H3,(H,19,20). The molecule has 0 amide bonds. The van der Waals surface area contributed by atoms with Crippen molar-refractivity contribution in [3.63, 3.8) is 0 Å². The van der Waals surface area contributed by atoms with E-state index in [0.717, 1.165) is 12.8 Å². The van der Waals surface area contributed by atoms with Gasteiger partial charge in [0.15, 0.2) is 5.82 Å². The van der Waals surface area contributed by atoms with Crippen molar-refractivity contribution < 1.29 is 14.6 Å². The van der Waals surface area contributed by atoms with Gasteiger partial charge in [-0.05, 0) is 19.3 Å². The van der Waals surface area contributed by atoms with Gasteiger partial charge in [-0.3, -0.25) is 9.78 Å². The number of hydrogen-bond acceptors (Lipinski definition) is 5. The summed E-state index contributed by atoms with van der Waals surface area (Å²) < 4.78 is 5.49. The summed E-state index contributed by atoms with van der Waals surface area (Å²) in [6.07, 6.45) is 6.38. The van der Waals surface area contributed by atoms with Crippen LogP contribution in [0, 0.1) is 5.41 Å². The Balaban J connectivity index is 2.11. The smallest absolute Gasteiger partial charge is 0.311 e. The molecule has 0 aromatic carbocycles. The van der Waals surface area contributed by atoms with Gasteiger partial charge >= 0.3 is 5.97 Å². The fourth-order valence-electron chi connectivity index (χ4n) is 2.80. The predicted molar refractivity (Wildman–Crippen MR) is 79.6 cm³/mol. The highest BCUT2D eigenvalue weighted by atomic mass is 16.5. The molecule has 1 fully saturated rings. The van der Waals surface area contributed by atoms with E-state index in [4.69, 9.17) is 4.74 Å². The van der Waals surface area contributed by atoms with Crippen LogP contribution in [0.3, 0.4) is 0 Å². The third-order valence-electron chi connectivity index (χ3n) is 3.91. The molecule has 1 N–H and O–H groups in total. The van der Waals surface area contributed by atoms with Crippen molar-refractivity contribution in [2.45, 2.75) is 39.5 Å². The maximum absolute atomic E-state index is 11.6. The molecule has 1 aliphatic heterocycles. The molecule has 2 rings (SSSR count). The lowest BCUT2D eigenvalue weighted by Crippen LogP contribution is -2.34. The molecular weight excluding hydrogens is 270 g/mol. The second kappa shape index (κ2) is 6.74. The van der Waals surface area contributed by atoms with E-state index in [1.54, 1.807) is 12.4 Å². The van der Waals surface area contributed by atoms with Gasteiger partial charge < -0.3 is 14.7 Å². The summed E-state index contributed by atoms with van der Waals surface area (Å²) >= 11 is 0. The van der Waals surface area contributed by atoms with Crippen LogP contribution < -0.4 is 9.64 Å². The van der Waals surface area contributed by atoms with Gasteiger partial charge in [-0.25, -0.2) is 0 Å². The lowest BCUT2D eigenvalue weighted by atomic mass is 9.83. The first kappa shape index (κ1) is 15.5. The lowest BCUT2D eigenvalue weighted by molar-refractivity contribution is -0.148. The zero-order valence-corrected chi connectivity index (χ0v) is 12.7. The van der Waals surface area contributed by atoms with E-state index in [9.17, 15) is 9.90 Å². The van der Waals surface area contributed by atoms with Gasteiger partial charge in [0.2, 0.25) is 5.88 Å². The van der Waals surface area contributed by atoms with Crippen LogP contribution >= 0.6 is 0 Å². The van der Waals surface area contributed by atoms with Gasteiger partial charge in [-0.2, -0.15) is 4.98 Å². The Morgan fingerprint density at radius 3 is 2.90 bits per heavy atom. The maximum Gasteiger partial charge on any atom is 0.311 e. The molecule has 1 saturated heterocycles. The number of anilines is 1. The second-order valence-corrected chi connectivity index (χ2v) is 5.57. The predicted octanol–water partition coefficient (Wildman–Crippen LogP) is 2.35. The number of carboxylic acid groups (broad SMARTS) is 1. The normalized spacial score (nSPS) is 21.5. The summed E-state index contributed by atoms with van der Waals surface area (Å²) in [4.78, 5) is 22.2. The number of rotatable bonds is 7. The number of aromatic nitrogens is 2. The largest absolute Gasteiger partial charge is 0.481 e. The van der Waals surface area contributed by atoms with E-state index in [-0.39, 0.29) is 0 Å². The zero-order chi connectivity index (χ0) is 15.3. The van der Waals surface area contributed by atoms with Crippen molar-refractivity contribution in [1.82, 2.24) is 9.97 Å². The first-order chi connectivity index (χ1) is 10.1. The van der Waals surface area contributed by atoms with Gasteiger partial charge in [0.25, 0.3) is 0 Å². The molecule has 0 bridgehead atoms. The van der Waals surface area contributed by atoms with Crippen molar-refractivity contribution in [3.05, 3.63) is 12.4 Å². The van der Waals surface area contributed by atoms with Crippen LogP contribution in [0.25, 0.3) is 0 Å². The highest BCUT2D eigenvalue weighted by Crippen LogP contribution is 2.37. The van der Waals surface area contributed by atoms with Crippen LogP contribution in [0.15, 0.2) is 12.4 Å². The Bertz CT molecular complexity index is 495. The SMILES string of the molecule is CCCOc1cncc(N2CCC(CCC)(C(=O)O)C2)n1. The van der Waals surface area contributed by atoms with Crippen molar-refractivity contribution in [3.8, 4) is 5.88 Å². The molecule has 1 aromatic heterocycles. The summed E-state index contributed by atoms with van der Waals surface area (Å²) in [5.41, 5.74) is -0.656. The molecule has 0 aliphatic carbocycles. The van der Waals surface area contributed by atoms with Gasteiger partial charge in [-0.1, -0.05) is 20.3 Å². The quantitative estimate of drug-likeness (QED) is 0.831. The van der Waals surface area contributed by atoms with Crippen LogP contribution in [0.2, 0.25) is 0 Å². The molecule has 0 radical (unpaired) electrons. The van der Waals surface area contributed by atoms with E-state index in [2.05, 4.69) is 9.97 Å². The number of carbonyl (C=O) groups is 1. The molecule has 1 unspecified atom stereocenters. The lowest BCUT2D eigenvalue weighted by Gasteiger charge is -2.24. The Hall–Kier alpha value is -1.85. The minimum absolute atomic E-state index is 0.488. The molecule has 2 heterocycles. The molecule has 6 heteroatoms. The molecule has 1 aliphatic rings. The van der Waals surface area contributed by atoms with E-state index in [1.165, 1.54) is 0 Å². The van der Waals surface area contributed by atoms with Crippen molar-refractivity contribution >= 4 is 11.8 Å². The van der Waals surface area contributed by atoms with Crippen LogP contribution in [0.1, 0.15) is 39.5 Å². The Morgan fingerprint density at radius 2 is 2.24 bits per heavy atom. The average Bonchev–Trinajstić information content (AvgIpc) is 2.91. The molecule has 0 spiro atoms. The molecule has 1 atom stereocenters. The van der Waals surface area contributed by atoms with Crippen LogP contribution in [-0.4, -0.2) is 40.7 Å². The van der Waals surface area contributed by atoms with Gasteiger partial charge in [-0.15, -0.1) is 0 Å². The van der Waals surface area contributed by atoms with Crippen molar-refractivity contribution in [1.29, 1.82) is 0 Å². The molecule has 116 valence electrons. The molecule has 6 nitrogen and oxygen atoms in total. The summed E-state index contributed by atoms with van der Waals surface area (Å²) in [5.74, 6) is 0.485. The van der Waals surface area contributed by atoms with E-state index in [0.29, 0.717) is 44.2 Å². The van der Waals surface area contributed by atoms with Gasteiger partial charge in [0, 0.05) is 13.1 Å². The Kier molecular flexibility index (Phi) is 4.98. The summed E-state index contributed by atoms with van der Waals surface area (Å²) in [6.45, 7) is 5.84. The molecule has 21 heavy (non-hydrogen) atoms. The zero-order valence-electron chi connectivity index (χ0n) is 12.7. The minimum Gasteiger partial charge on any atom is -0.481 e.